The zero-order valence-electron chi connectivity index (χ0n) is 14.5. The first-order valence-electron chi connectivity index (χ1n) is 8.34. The number of rotatable bonds is 4. The minimum absolute atomic E-state index is 0.00105. The second-order valence-electron chi connectivity index (χ2n) is 6.25. The van der Waals surface area contributed by atoms with Crippen molar-refractivity contribution >= 4 is 27.1 Å². The van der Waals surface area contributed by atoms with E-state index in [0.717, 1.165) is 22.6 Å². The number of thiazole rings is 1. The van der Waals surface area contributed by atoms with E-state index in [1.807, 2.05) is 18.3 Å². The van der Waals surface area contributed by atoms with Gasteiger partial charge in [-0.3, -0.25) is 0 Å². The molecule has 0 bridgehead atoms. The molecular formula is C18H17N3O4S2. The molecule has 0 radical (unpaired) electrons. The summed E-state index contributed by atoms with van der Waals surface area (Å²) in [6.07, 6.45) is 13.9. The Balaban J connectivity index is 1.38. The zero-order valence-corrected chi connectivity index (χ0v) is 16.1. The minimum atomic E-state index is -3.33. The number of pyridine rings is 1. The van der Waals surface area contributed by atoms with Crippen molar-refractivity contribution in [1.82, 2.24) is 9.97 Å². The molecule has 140 valence electrons. The van der Waals surface area contributed by atoms with Crippen molar-refractivity contribution in [2.75, 3.05) is 6.26 Å². The highest BCUT2D eigenvalue weighted by Gasteiger charge is 2.27. The van der Waals surface area contributed by atoms with Crippen LogP contribution in [0.4, 0.5) is 0 Å². The normalized spacial score (nSPS) is 21.7. The molecule has 9 heteroatoms. The molecule has 1 aliphatic carbocycles. The lowest BCUT2D eigenvalue weighted by molar-refractivity contribution is 0.0879. The van der Waals surface area contributed by atoms with Gasteiger partial charge in [-0.25, -0.2) is 18.4 Å². The van der Waals surface area contributed by atoms with Crippen molar-refractivity contribution < 1.29 is 18.0 Å². The summed E-state index contributed by atoms with van der Waals surface area (Å²) in [5.74, 6) is 1.14. The minimum Gasteiger partial charge on any atom is -0.438 e. The van der Waals surface area contributed by atoms with E-state index in [-0.39, 0.29) is 11.1 Å². The molecule has 0 saturated carbocycles. The fourth-order valence-corrected chi connectivity index (χ4v) is 4.33. The van der Waals surface area contributed by atoms with E-state index in [9.17, 15) is 8.42 Å². The van der Waals surface area contributed by atoms with Gasteiger partial charge in [0, 0.05) is 18.4 Å². The van der Waals surface area contributed by atoms with Gasteiger partial charge in [-0.1, -0.05) is 29.5 Å². The van der Waals surface area contributed by atoms with Crippen molar-refractivity contribution in [2.45, 2.75) is 29.9 Å². The van der Waals surface area contributed by atoms with Crippen molar-refractivity contribution in [1.29, 1.82) is 0 Å². The zero-order chi connectivity index (χ0) is 18.9. The highest BCUT2D eigenvalue weighted by molar-refractivity contribution is 7.90. The first-order valence-corrected chi connectivity index (χ1v) is 11.1. The van der Waals surface area contributed by atoms with Crippen molar-refractivity contribution in [3.8, 4) is 5.75 Å². The van der Waals surface area contributed by atoms with E-state index in [2.05, 4.69) is 27.3 Å². The molecule has 0 fully saturated rings. The quantitative estimate of drug-likeness (QED) is 0.777. The van der Waals surface area contributed by atoms with Crippen LogP contribution in [0.2, 0.25) is 0 Å². The summed E-state index contributed by atoms with van der Waals surface area (Å²) in [6.45, 7) is 0. The Morgan fingerprint density at radius 2 is 2.11 bits per heavy atom. The van der Waals surface area contributed by atoms with Crippen LogP contribution in [-0.2, 0) is 14.7 Å². The van der Waals surface area contributed by atoms with Crippen molar-refractivity contribution in [3.05, 3.63) is 58.7 Å². The molecule has 2 aliphatic rings. The fraction of sp³-hybridized carbons (Fsp3) is 0.278. The summed E-state index contributed by atoms with van der Waals surface area (Å²) in [4.78, 5) is 14.9. The topological polar surface area (TPSA) is 90.7 Å². The second-order valence-corrected chi connectivity index (χ2v) is 9.30. The molecular weight excluding hydrogens is 386 g/mol. The van der Waals surface area contributed by atoms with E-state index in [1.165, 1.54) is 12.3 Å². The third kappa shape index (κ3) is 4.09. The van der Waals surface area contributed by atoms with Gasteiger partial charge in [0.15, 0.2) is 21.0 Å². The number of allylic oxidation sites excluding steroid dienone is 4. The Morgan fingerprint density at radius 3 is 2.81 bits per heavy atom. The number of nitrogens with zero attached hydrogens (tertiary/aromatic N) is 3. The molecule has 0 amide bonds. The Kier molecular flexibility index (Phi) is 4.79. The van der Waals surface area contributed by atoms with Crippen LogP contribution in [0.15, 0.2) is 59.0 Å². The van der Waals surface area contributed by atoms with Crippen LogP contribution >= 0.6 is 11.3 Å². The molecule has 0 saturated heterocycles. The SMILES string of the molecule is CS(=O)(=O)c1ccc(OC2=NO[C@@H](c3cnc(C4C=CC=CC4)s3)C2)cn1. The van der Waals surface area contributed by atoms with E-state index in [0.29, 0.717) is 24.0 Å². The van der Waals surface area contributed by atoms with Gasteiger partial charge in [0.05, 0.1) is 17.5 Å². The molecule has 4 rings (SSSR count). The summed E-state index contributed by atoms with van der Waals surface area (Å²) < 4.78 is 28.5. The highest BCUT2D eigenvalue weighted by Crippen LogP contribution is 2.35. The Bertz CT molecular complexity index is 1020. The number of ether oxygens (including phenoxy) is 1. The number of aromatic nitrogens is 2. The number of hydrogen-bond donors (Lipinski definition) is 0. The molecule has 1 unspecified atom stereocenters. The first kappa shape index (κ1) is 17.9. The molecule has 0 spiro atoms. The Morgan fingerprint density at radius 1 is 1.22 bits per heavy atom. The Hall–Kier alpha value is -2.52. The van der Waals surface area contributed by atoms with Crippen LogP contribution in [0.1, 0.15) is 34.7 Å². The lowest BCUT2D eigenvalue weighted by atomic mass is 10.0. The van der Waals surface area contributed by atoms with Gasteiger partial charge in [-0.2, -0.15) is 0 Å². The maximum Gasteiger partial charge on any atom is 0.235 e. The maximum absolute atomic E-state index is 11.4. The highest BCUT2D eigenvalue weighted by atomic mass is 32.2. The monoisotopic (exact) mass is 403 g/mol. The molecule has 0 N–H and O–H groups in total. The standard InChI is InChI=1S/C18H17N3O4S2/c1-27(22,23)17-8-7-13(10-19-17)24-16-9-14(25-21-16)15-11-20-18(26-15)12-5-3-2-4-6-12/h2-5,7-8,10-12,14H,6,9H2,1H3/t12?,14-/m1/s1. The van der Waals surface area contributed by atoms with Crippen LogP contribution in [0.5, 0.6) is 5.75 Å². The molecule has 3 heterocycles. The van der Waals surface area contributed by atoms with Crippen LogP contribution in [-0.4, -0.2) is 30.5 Å². The van der Waals surface area contributed by atoms with Crippen LogP contribution in [0.25, 0.3) is 0 Å². The summed E-state index contributed by atoms with van der Waals surface area (Å²) in [5, 5.41) is 5.04. The molecule has 2 aromatic heterocycles. The first-order chi connectivity index (χ1) is 13.0. The van der Waals surface area contributed by atoms with Crippen LogP contribution in [0, 0.1) is 0 Å². The maximum atomic E-state index is 11.4. The molecule has 2 atom stereocenters. The van der Waals surface area contributed by atoms with Gasteiger partial charge in [0.1, 0.15) is 10.8 Å². The molecule has 2 aromatic rings. The van der Waals surface area contributed by atoms with E-state index in [4.69, 9.17) is 9.57 Å². The second kappa shape index (κ2) is 7.24. The lowest BCUT2D eigenvalue weighted by Gasteiger charge is -2.09. The lowest BCUT2D eigenvalue weighted by Crippen LogP contribution is -2.07. The van der Waals surface area contributed by atoms with Gasteiger partial charge in [0.2, 0.25) is 5.90 Å². The smallest absolute Gasteiger partial charge is 0.235 e. The van der Waals surface area contributed by atoms with E-state index < -0.39 is 9.84 Å². The van der Waals surface area contributed by atoms with Gasteiger partial charge >= 0.3 is 0 Å². The van der Waals surface area contributed by atoms with Gasteiger partial charge in [0.25, 0.3) is 0 Å². The third-order valence-electron chi connectivity index (χ3n) is 4.12. The molecule has 0 aromatic carbocycles. The summed E-state index contributed by atoms with van der Waals surface area (Å²) in [6, 6.07) is 2.95. The Labute approximate surface area is 161 Å². The summed E-state index contributed by atoms with van der Waals surface area (Å²) >= 11 is 1.62. The van der Waals surface area contributed by atoms with Gasteiger partial charge < -0.3 is 9.57 Å². The number of oxime groups is 1. The van der Waals surface area contributed by atoms with E-state index >= 15 is 0 Å². The predicted molar refractivity (Wildman–Crippen MR) is 102 cm³/mol. The van der Waals surface area contributed by atoms with E-state index in [1.54, 1.807) is 17.4 Å². The molecule has 7 nitrogen and oxygen atoms in total. The summed E-state index contributed by atoms with van der Waals surface area (Å²) in [5.41, 5.74) is 0. The predicted octanol–water partition coefficient (Wildman–Crippen LogP) is 3.40. The largest absolute Gasteiger partial charge is 0.438 e. The van der Waals surface area contributed by atoms with Crippen LogP contribution < -0.4 is 4.74 Å². The molecule has 1 aliphatic heterocycles. The fourth-order valence-electron chi connectivity index (χ4n) is 2.74. The average Bonchev–Trinajstić information content (AvgIpc) is 3.31. The number of hydrogen-bond acceptors (Lipinski definition) is 8. The third-order valence-corrected chi connectivity index (χ3v) is 6.35. The van der Waals surface area contributed by atoms with Crippen molar-refractivity contribution in [3.63, 3.8) is 0 Å². The van der Waals surface area contributed by atoms with Gasteiger partial charge in [-0.05, 0) is 18.6 Å². The van der Waals surface area contributed by atoms with Gasteiger partial charge in [-0.15, -0.1) is 11.3 Å². The van der Waals surface area contributed by atoms with Crippen LogP contribution in [0.3, 0.4) is 0 Å². The average molecular weight is 403 g/mol. The summed E-state index contributed by atoms with van der Waals surface area (Å²) in [7, 11) is -3.33. The van der Waals surface area contributed by atoms with Crippen molar-refractivity contribution in [2.24, 2.45) is 5.16 Å². The number of sulfone groups is 1. The molecule has 27 heavy (non-hydrogen) atoms.